The molecule has 1 aliphatic rings. The molecule has 3 N–H and O–H groups in total. The Bertz CT molecular complexity index is 504. The molecule has 2 heterocycles. The van der Waals surface area contributed by atoms with E-state index in [0.29, 0.717) is 18.9 Å². The first-order chi connectivity index (χ1) is 7.28. The zero-order valence-electron chi connectivity index (χ0n) is 8.79. The molecule has 0 saturated carbocycles. The molecule has 0 aliphatic carbocycles. The van der Waals surface area contributed by atoms with Gasteiger partial charge in [0.1, 0.15) is 5.82 Å². The van der Waals surface area contributed by atoms with Crippen molar-refractivity contribution in [2.75, 3.05) is 18.0 Å². The zero-order valence-corrected chi connectivity index (χ0v) is 9.61. The van der Waals surface area contributed by atoms with Crippen LogP contribution in [0.5, 0.6) is 0 Å². The van der Waals surface area contributed by atoms with Crippen LogP contribution in [0.1, 0.15) is 6.92 Å². The van der Waals surface area contributed by atoms with Gasteiger partial charge < -0.3 is 10.0 Å². The van der Waals surface area contributed by atoms with Crippen LogP contribution >= 0.6 is 0 Å². The second kappa shape index (κ2) is 3.41. The standard InChI is InChI=1S/C9H13N3O3S/c1-9(13)5-12(6-9)7-3-2-4-8(11-7)16(10,14)15/h2-4,13H,5-6H2,1H3,(H2,10,14,15). The summed E-state index contributed by atoms with van der Waals surface area (Å²) in [6, 6.07) is 4.61. The molecule has 1 aromatic rings. The zero-order chi connectivity index (χ0) is 12.0. The van der Waals surface area contributed by atoms with Crippen molar-refractivity contribution >= 4 is 15.8 Å². The van der Waals surface area contributed by atoms with Crippen molar-refractivity contribution in [1.29, 1.82) is 0 Å². The molecule has 7 heteroatoms. The molecular formula is C9H13N3O3S. The van der Waals surface area contributed by atoms with Gasteiger partial charge in [0.05, 0.1) is 5.60 Å². The topological polar surface area (TPSA) is 96.5 Å². The lowest BCUT2D eigenvalue weighted by atomic mass is 9.97. The maximum absolute atomic E-state index is 11.1. The molecule has 88 valence electrons. The van der Waals surface area contributed by atoms with Gasteiger partial charge in [0.25, 0.3) is 10.0 Å². The van der Waals surface area contributed by atoms with Crippen molar-refractivity contribution in [3.63, 3.8) is 0 Å². The monoisotopic (exact) mass is 243 g/mol. The van der Waals surface area contributed by atoms with Crippen molar-refractivity contribution in [3.8, 4) is 0 Å². The van der Waals surface area contributed by atoms with Crippen molar-refractivity contribution in [1.82, 2.24) is 4.98 Å². The number of β-amino-alcohol motifs (C(OH)–C–C–N with tert-alkyl or cyclic N) is 1. The molecule has 0 radical (unpaired) electrons. The summed E-state index contributed by atoms with van der Waals surface area (Å²) < 4.78 is 22.2. The number of nitrogens with two attached hydrogens (primary N) is 1. The van der Waals surface area contributed by atoms with Crippen molar-refractivity contribution in [2.45, 2.75) is 17.6 Å². The lowest BCUT2D eigenvalue weighted by molar-refractivity contribution is 0.0305. The molecule has 0 bridgehead atoms. The van der Waals surface area contributed by atoms with Gasteiger partial charge in [0, 0.05) is 13.1 Å². The minimum Gasteiger partial charge on any atom is -0.386 e. The van der Waals surface area contributed by atoms with Gasteiger partial charge in [-0.25, -0.2) is 18.5 Å². The van der Waals surface area contributed by atoms with E-state index in [4.69, 9.17) is 5.14 Å². The van der Waals surface area contributed by atoms with Gasteiger partial charge in [-0.3, -0.25) is 0 Å². The second-order valence-corrected chi connectivity index (χ2v) is 5.74. The molecule has 1 aromatic heterocycles. The maximum Gasteiger partial charge on any atom is 0.255 e. The number of aliphatic hydroxyl groups is 1. The van der Waals surface area contributed by atoms with Crippen LogP contribution in [0.15, 0.2) is 23.2 Å². The van der Waals surface area contributed by atoms with Gasteiger partial charge >= 0.3 is 0 Å². The van der Waals surface area contributed by atoms with Gasteiger partial charge in [-0.1, -0.05) is 6.07 Å². The van der Waals surface area contributed by atoms with E-state index in [1.54, 1.807) is 24.0 Å². The first-order valence-electron chi connectivity index (χ1n) is 4.75. The Morgan fingerprint density at radius 1 is 1.50 bits per heavy atom. The molecule has 6 nitrogen and oxygen atoms in total. The Kier molecular flexibility index (Phi) is 2.41. The van der Waals surface area contributed by atoms with Gasteiger partial charge in [0.2, 0.25) is 0 Å². The predicted octanol–water partition coefficient (Wildman–Crippen LogP) is -0.700. The Labute approximate surface area is 93.8 Å². The Balaban J connectivity index is 2.25. The summed E-state index contributed by atoms with van der Waals surface area (Å²) in [4.78, 5) is 5.72. The summed E-state index contributed by atoms with van der Waals surface area (Å²) in [5.41, 5.74) is -0.723. The molecular weight excluding hydrogens is 230 g/mol. The number of hydrogen-bond acceptors (Lipinski definition) is 5. The average molecular weight is 243 g/mol. The lowest BCUT2D eigenvalue weighted by Gasteiger charge is -2.44. The lowest BCUT2D eigenvalue weighted by Crippen LogP contribution is -2.60. The number of rotatable bonds is 2. The van der Waals surface area contributed by atoms with E-state index >= 15 is 0 Å². The van der Waals surface area contributed by atoms with Crippen LogP contribution in [-0.4, -0.2) is 37.2 Å². The summed E-state index contributed by atoms with van der Waals surface area (Å²) in [5.74, 6) is 0.512. The summed E-state index contributed by atoms with van der Waals surface area (Å²) >= 11 is 0. The normalized spacial score (nSPS) is 19.3. The van der Waals surface area contributed by atoms with Crippen LogP contribution in [0, 0.1) is 0 Å². The van der Waals surface area contributed by atoms with E-state index in [2.05, 4.69) is 4.98 Å². The fraction of sp³-hybridized carbons (Fsp3) is 0.444. The average Bonchev–Trinajstić information content (AvgIpc) is 2.13. The summed E-state index contributed by atoms with van der Waals surface area (Å²) in [6.07, 6.45) is 0. The van der Waals surface area contributed by atoms with E-state index in [9.17, 15) is 13.5 Å². The van der Waals surface area contributed by atoms with E-state index < -0.39 is 15.6 Å². The van der Waals surface area contributed by atoms with Crippen LogP contribution in [0.3, 0.4) is 0 Å². The quantitative estimate of drug-likeness (QED) is 0.716. The largest absolute Gasteiger partial charge is 0.386 e. The molecule has 2 rings (SSSR count). The van der Waals surface area contributed by atoms with Gasteiger partial charge in [-0.2, -0.15) is 0 Å². The third kappa shape index (κ3) is 2.16. The molecule has 1 saturated heterocycles. The minimum absolute atomic E-state index is 0.156. The highest BCUT2D eigenvalue weighted by Crippen LogP contribution is 2.25. The van der Waals surface area contributed by atoms with E-state index in [-0.39, 0.29) is 5.03 Å². The summed E-state index contributed by atoms with van der Waals surface area (Å²) in [5, 5.41) is 14.4. The number of nitrogens with zero attached hydrogens (tertiary/aromatic N) is 2. The maximum atomic E-state index is 11.1. The van der Waals surface area contributed by atoms with Gasteiger partial charge in [-0.05, 0) is 19.1 Å². The number of sulfonamides is 1. The molecule has 0 atom stereocenters. The molecule has 0 unspecified atom stereocenters. The highest BCUT2D eigenvalue weighted by molar-refractivity contribution is 7.89. The minimum atomic E-state index is -3.77. The van der Waals surface area contributed by atoms with Gasteiger partial charge in [-0.15, -0.1) is 0 Å². The number of hydrogen-bond donors (Lipinski definition) is 2. The Morgan fingerprint density at radius 2 is 2.12 bits per heavy atom. The van der Waals surface area contributed by atoms with Crippen LogP contribution in [0.4, 0.5) is 5.82 Å². The summed E-state index contributed by atoms with van der Waals surface area (Å²) in [7, 11) is -3.77. The highest BCUT2D eigenvalue weighted by Gasteiger charge is 2.37. The van der Waals surface area contributed by atoms with E-state index in [1.807, 2.05) is 0 Å². The first kappa shape index (κ1) is 11.3. The molecule has 16 heavy (non-hydrogen) atoms. The third-order valence-electron chi connectivity index (χ3n) is 2.39. The number of primary sulfonamides is 1. The summed E-state index contributed by atoms with van der Waals surface area (Å²) in [6.45, 7) is 2.59. The SMILES string of the molecule is CC1(O)CN(c2cccc(S(N)(=O)=O)n2)C1. The fourth-order valence-corrected chi connectivity index (χ4v) is 2.17. The number of pyridine rings is 1. The smallest absolute Gasteiger partial charge is 0.255 e. The second-order valence-electron chi connectivity index (χ2n) is 4.23. The van der Waals surface area contributed by atoms with E-state index in [1.165, 1.54) is 6.07 Å². The first-order valence-corrected chi connectivity index (χ1v) is 6.30. The molecule has 0 spiro atoms. The Morgan fingerprint density at radius 3 is 2.62 bits per heavy atom. The molecule has 0 aromatic carbocycles. The number of anilines is 1. The van der Waals surface area contributed by atoms with Crippen molar-refractivity contribution in [2.24, 2.45) is 5.14 Å². The molecule has 1 fully saturated rings. The third-order valence-corrected chi connectivity index (χ3v) is 3.20. The molecule has 1 aliphatic heterocycles. The molecule has 0 amide bonds. The van der Waals surface area contributed by atoms with Crippen LogP contribution in [0.2, 0.25) is 0 Å². The van der Waals surface area contributed by atoms with Crippen molar-refractivity contribution < 1.29 is 13.5 Å². The van der Waals surface area contributed by atoms with E-state index in [0.717, 1.165) is 0 Å². The van der Waals surface area contributed by atoms with Crippen LogP contribution in [0.25, 0.3) is 0 Å². The number of aromatic nitrogens is 1. The van der Waals surface area contributed by atoms with Gasteiger partial charge in [0.15, 0.2) is 5.03 Å². The predicted molar refractivity (Wildman–Crippen MR) is 58.4 cm³/mol. The highest BCUT2D eigenvalue weighted by atomic mass is 32.2. The fourth-order valence-electron chi connectivity index (χ4n) is 1.68. The van der Waals surface area contributed by atoms with Crippen LogP contribution in [-0.2, 0) is 10.0 Å². The Hall–Kier alpha value is -1.18. The van der Waals surface area contributed by atoms with Crippen molar-refractivity contribution in [3.05, 3.63) is 18.2 Å². The van der Waals surface area contributed by atoms with Crippen LogP contribution < -0.4 is 10.0 Å².